The SMILES string of the molecule is CC(C)(C)OC(=O)Nc1cnc2c(c1)N(Cc1ccccc1)CC(C(C)(C)O[Si]C(C)(C)C)C2. The smallest absolute Gasteiger partial charge is 0.412 e. The van der Waals surface area contributed by atoms with Gasteiger partial charge in [0.25, 0.3) is 0 Å². The molecule has 7 heteroatoms. The minimum atomic E-state index is -0.558. The molecule has 0 bridgehead atoms. The van der Waals surface area contributed by atoms with Crippen LogP contribution in [0.15, 0.2) is 42.6 Å². The van der Waals surface area contributed by atoms with Crippen molar-refractivity contribution < 1.29 is 14.0 Å². The normalized spacial score (nSPS) is 16.7. The number of ether oxygens (including phenoxy) is 1. The molecule has 1 aliphatic rings. The van der Waals surface area contributed by atoms with E-state index < -0.39 is 11.7 Å². The van der Waals surface area contributed by atoms with E-state index in [2.05, 4.69) is 69.1 Å². The fourth-order valence-electron chi connectivity index (χ4n) is 3.85. The van der Waals surface area contributed by atoms with Gasteiger partial charge in [0.15, 0.2) is 0 Å². The summed E-state index contributed by atoms with van der Waals surface area (Å²) in [5, 5.41) is 2.97. The number of pyridine rings is 1. The Hall–Kier alpha value is -2.38. The molecular weight excluding hydrogens is 442 g/mol. The molecule has 2 radical (unpaired) electrons. The van der Waals surface area contributed by atoms with Gasteiger partial charge in [0.1, 0.15) is 5.60 Å². The summed E-state index contributed by atoms with van der Waals surface area (Å²) in [6.45, 7) is 18.2. The molecule has 1 aromatic carbocycles. The van der Waals surface area contributed by atoms with Gasteiger partial charge < -0.3 is 14.1 Å². The van der Waals surface area contributed by atoms with Crippen molar-refractivity contribution in [3.63, 3.8) is 0 Å². The molecule has 1 unspecified atom stereocenters. The molecule has 34 heavy (non-hydrogen) atoms. The Kier molecular flexibility index (Phi) is 7.78. The van der Waals surface area contributed by atoms with Gasteiger partial charge in [-0.3, -0.25) is 10.3 Å². The van der Waals surface area contributed by atoms with Crippen LogP contribution in [0.4, 0.5) is 16.2 Å². The number of anilines is 2. The molecule has 3 rings (SSSR count). The molecule has 1 N–H and O–H groups in total. The van der Waals surface area contributed by atoms with E-state index in [4.69, 9.17) is 14.1 Å². The maximum absolute atomic E-state index is 12.3. The first-order chi connectivity index (χ1) is 15.7. The lowest BCUT2D eigenvalue weighted by molar-refractivity contribution is 0.0435. The molecule has 1 aromatic heterocycles. The quantitative estimate of drug-likeness (QED) is 0.495. The Bertz CT molecular complexity index is 981. The number of carbonyl (C=O) groups excluding carboxylic acids is 1. The summed E-state index contributed by atoms with van der Waals surface area (Å²) in [6, 6.07) is 12.5. The largest absolute Gasteiger partial charge is 0.444 e. The molecule has 0 saturated carbocycles. The Morgan fingerprint density at radius 2 is 1.79 bits per heavy atom. The Labute approximate surface area is 207 Å². The Morgan fingerprint density at radius 1 is 1.12 bits per heavy atom. The molecule has 2 heterocycles. The monoisotopic (exact) mass is 481 g/mol. The minimum absolute atomic E-state index is 0.133. The van der Waals surface area contributed by atoms with Crippen molar-refractivity contribution in [3.05, 3.63) is 53.9 Å². The Morgan fingerprint density at radius 3 is 2.41 bits per heavy atom. The lowest BCUT2D eigenvalue weighted by atomic mass is 9.83. The van der Waals surface area contributed by atoms with Crippen molar-refractivity contribution in [2.24, 2.45) is 5.92 Å². The molecule has 0 fully saturated rings. The highest BCUT2D eigenvalue weighted by Crippen LogP contribution is 2.38. The zero-order valence-corrected chi connectivity index (χ0v) is 22.9. The molecule has 2 aromatic rings. The van der Waals surface area contributed by atoms with Gasteiger partial charge in [-0.15, -0.1) is 0 Å². The second-order valence-corrected chi connectivity index (χ2v) is 13.5. The van der Waals surface area contributed by atoms with Crippen LogP contribution in [0, 0.1) is 5.92 Å². The molecule has 1 aliphatic heterocycles. The van der Waals surface area contributed by atoms with Gasteiger partial charge in [0.2, 0.25) is 9.76 Å². The number of nitrogens with one attached hydrogen (secondary N) is 1. The highest BCUT2D eigenvalue weighted by molar-refractivity contribution is 6.31. The van der Waals surface area contributed by atoms with Crippen LogP contribution >= 0.6 is 0 Å². The number of fused-ring (bicyclic) bond motifs is 1. The van der Waals surface area contributed by atoms with Crippen molar-refractivity contribution >= 4 is 27.2 Å². The molecular formula is C27H39N3O3Si. The van der Waals surface area contributed by atoms with Gasteiger partial charge in [0, 0.05) is 19.0 Å². The minimum Gasteiger partial charge on any atom is -0.444 e. The number of benzene rings is 1. The van der Waals surface area contributed by atoms with E-state index in [1.807, 2.05) is 32.9 Å². The lowest BCUT2D eigenvalue weighted by Crippen LogP contribution is -2.47. The van der Waals surface area contributed by atoms with Crippen molar-refractivity contribution in [2.75, 3.05) is 16.8 Å². The molecule has 6 nitrogen and oxygen atoms in total. The molecule has 0 spiro atoms. The van der Waals surface area contributed by atoms with E-state index in [1.54, 1.807) is 6.20 Å². The number of amides is 1. The van der Waals surface area contributed by atoms with E-state index in [0.29, 0.717) is 15.5 Å². The topological polar surface area (TPSA) is 63.7 Å². The standard InChI is InChI=1S/C27H39N3O3Si/c1-25(2,3)32-24(31)29-21-15-23-22(28-16-21)14-20(27(7,8)33-34-26(4,5)6)18-30(23)17-19-12-10-9-11-13-19/h9-13,15-16,20H,14,17-18H2,1-8H3,(H,29,31). The molecule has 1 atom stereocenters. The Balaban J connectivity index is 1.87. The van der Waals surface area contributed by atoms with Crippen LogP contribution in [0.5, 0.6) is 0 Å². The van der Waals surface area contributed by atoms with Crippen LogP contribution in [0.25, 0.3) is 0 Å². The maximum Gasteiger partial charge on any atom is 0.412 e. The van der Waals surface area contributed by atoms with E-state index in [1.165, 1.54) is 5.56 Å². The molecule has 1 amide bonds. The third-order valence-electron chi connectivity index (χ3n) is 5.63. The fraction of sp³-hybridized carbons (Fsp3) is 0.556. The van der Waals surface area contributed by atoms with E-state index >= 15 is 0 Å². The summed E-state index contributed by atoms with van der Waals surface area (Å²) in [5.74, 6) is 0.288. The third kappa shape index (κ3) is 7.57. The fourth-order valence-corrected chi connectivity index (χ4v) is 4.59. The second-order valence-electron chi connectivity index (χ2n) is 11.6. The number of hydrogen-bond donors (Lipinski definition) is 1. The van der Waals surface area contributed by atoms with Crippen LogP contribution < -0.4 is 10.2 Å². The maximum atomic E-state index is 12.3. The zero-order valence-electron chi connectivity index (χ0n) is 21.9. The number of aromatic nitrogens is 1. The van der Waals surface area contributed by atoms with Gasteiger partial charge in [-0.1, -0.05) is 51.1 Å². The number of rotatable bonds is 6. The average molecular weight is 482 g/mol. The van der Waals surface area contributed by atoms with Crippen LogP contribution in [0.1, 0.15) is 66.6 Å². The predicted molar refractivity (Wildman–Crippen MR) is 139 cm³/mol. The van der Waals surface area contributed by atoms with Crippen LogP contribution in [-0.2, 0) is 22.1 Å². The third-order valence-corrected chi connectivity index (χ3v) is 6.87. The van der Waals surface area contributed by atoms with Crippen LogP contribution in [-0.4, -0.2) is 38.6 Å². The summed E-state index contributed by atoms with van der Waals surface area (Å²) in [6.07, 6.45) is 2.07. The number of hydrogen-bond acceptors (Lipinski definition) is 5. The number of carbonyl (C=O) groups is 1. The zero-order chi connectivity index (χ0) is 25.1. The molecule has 184 valence electrons. The average Bonchev–Trinajstić information content (AvgIpc) is 2.71. The van der Waals surface area contributed by atoms with Crippen molar-refractivity contribution in [1.82, 2.24) is 4.98 Å². The van der Waals surface area contributed by atoms with Crippen molar-refractivity contribution in [1.29, 1.82) is 0 Å². The predicted octanol–water partition coefficient (Wildman–Crippen LogP) is 6.24. The van der Waals surface area contributed by atoms with Gasteiger partial charge in [0.05, 0.1) is 28.9 Å². The van der Waals surface area contributed by atoms with Gasteiger partial charge >= 0.3 is 6.09 Å². The summed E-state index contributed by atoms with van der Waals surface area (Å²) in [4.78, 5) is 19.4. The van der Waals surface area contributed by atoms with E-state index in [0.717, 1.165) is 30.9 Å². The summed E-state index contributed by atoms with van der Waals surface area (Å²) < 4.78 is 11.9. The van der Waals surface area contributed by atoms with Crippen molar-refractivity contribution in [3.8, 4) is 0 Å². The highest BCUT2D eigenvalue weighted by Gasteiger charge is 2.38. The first-order valence-corrected chi connectivity index (χ1v) is 12.9. The molecule has 0 aliphatic carbocycles. The van der Waals surface area contributed by atoms with Gasteiger partial charge in [-0.05, 0) is 57.7 Å². The van der Waals surface area contributed by atoms with Gasteiger partial charge in [-0.25, -0.2) is 4.79 Å². The second kappa shape index (κ2) is 10.1. The molecule has 0 saturated heterocycles. The van der Waals surface area contributed by atoms with E-state index in [9.17, 15) is 4.79 Å². The van der Waals surface area contributed by atoms with Gasteiger partial charge in [-0.2, -0.15) is 0 Å². The van der Waals surface area contributed by atoms with Crippen LogP contribution in [0.3, 0.4) is 0 Å². The summed E-state index contributed by atoms with van der Waals surface area (Å²) >= 11 is 0. The first kappa shape index (κ1) is 26.2. The highest BCUT2D eigenvalue weighted by atomic mass is 28.2. The summed E-state index contributed by atoms with van der Waals surface area (Å²) in [5.41, 5.74) is 3.09. The lowest BCUT2D eigenvalue weighted by Gasteiger charge is -2.43. The number of nitrogens with zero attached hydrogens (tertiary/aromatic N) is 2. The van der Waals surface area contributed by atoms with Crippen LogP contribution in [0.2, 0.25) is 5.04 Å². The van der Waals surface area contributed by atoms with E-state index in [-0.39, 0.29) is 16.6 Å². The first-order valence-electron chi connectivity index (χ1n) is 11.9. The van der Waals surface area contributed by atoms with Crippen molar-refractivity contribution in [2.45, 2.75) is 84.6 Å². The summed E-state index contributed by atoms with van der Waals surface area (Å²) in [7, 11) is 0.425.